The van der Waals surface area contributed by atoms with Crippen LogP contribution in [0.1, 0.15) is 25.3 Å². The molecular formula is C18H22N2O7. The topological polar surface area (TPSA) is 131 Å². The normalized spacial score (nSPS) is 19.7. The van der Waals surface area contributed by atoms with Crippen LogP contribution in [0.2, 0.25) is 0 Å². The predicted molar refractivity (Wildman–Crippen MR) is 92.8 cm³/mol. The van der Waals surface area contributed by atoms with Crippen molar-refractivity contribution < 1.29 is 33.8 Å². The van der Waals surface area contributed by atoms with Crippen LogP contribution in [0.3, 0.4) is 0 Å². The van der Waals surface area contributed by atoms with Crippen molar-refractivity contribution in [3.05, 3.63) is 35.9 Å². The van der Waals surface area contributed by atoms with E-state index in [-0.39, 0.29) is 13.2 Å². The zero-order valence-electron chi connectivity index (χ0n) is 14.8. The number of benzene rings is 1. The van der Waals surface area contributed by atoms with Crippen molar-refractivity contribution >= 4 is 23.8 Å². The molecule has 1 aliphatic rings. The molecule has 3 N–H and O–H groups in total. The van der Waals surface area contributed by atoms with Gasteiger partial charge in [0.2, 0.25) is 0 Å². The van der Waals surface area contributed by atoms with Gasteiger partial charge in [0, 0.05) is 6.92 Å². The molecule has 0 bridgehead atoms. The lowest BCUT2D eigenvalue weighted by Gasteiger charge is -2.21. The van der Waals surface area contributed by atoms with Gasteiger partial charge in [0.05, 0.1) is 6.04 Å². The highest BCUT2D eigenvalue weighted by molar-refractivity contribution is 5.93. The quantitative estimate of drug-likeness (QED) is 0.561. The summed E-state index contributed by atoms with van der Waals surface area (Å²) in [6.07, 6.45) is -0.227. The van der Waals surface area contributed by atoms with Crippen molar-refractivity contribution in [2.75, 3.05) is 6.61 Å². The second kappa shape index (κ2) is 9.67. The molecule has 0 spiro atoms. The molecule has 0 aliphatic carbocycles. The Labute approximate surface area is 156 Å². The molecule has 1 amide bonds. The van der Waals surface area contributed by atoms with Crippen molar-refractivity contribution in [2.45, 2.75) is 44.5 Å². The summed E-state index contributed by atoms with van der Waals surface area (Å²) in [5.74, 6) is -2.11. The van der Waals surface area contributed by atoms with E-state index in [1.165, 1.54) is 6.92 Å². The van der Waals surface area contributed by atoms with Crippen molar-refractivity contribution in [3.8, 4) is 0 Å². The first kappa shape index (κ1) is 20.4. The first-order valence-electron chi connectivity index (χ1n) is 8.50. The standard InChI is InChI=1S/C18H22N2O7/c1-11(21)26-10-15(16(22)13-7-8-14(19-13)17(23)24)20-18(25)27-9-12-5-3-2-4-6-12/h2-6,13-15,19H,7-10H2,1H3,(H,20,25)(H,23,24). The Balaban J connectivity index is 1.94. The highest BCUT2D eigenvalue weighted by atomic mass is 16.6. The summed E-state index contributed by atoms with van der Waals surface area (Å²) in [6, 6.07) is 6.28. The zero-order chi connectivity index (χ0) is 19.8. The largest absolute Gasteiger partial charge is 0.480 e. The molecule has 27 heavy (non-hydrogen) atoms. The van der Waals surface area contributed by atoms with Gasteiger partial charge in [0.15, 0.2) is 5.78 Å². The van der Waals surface area contributed by atoms with E-state index in [0.29, 0.717) is 12.8 Å². The van der Waals surface area contributed by atoms with Gasteiger partial charge in [0.1, 0.15) is 25.3 Å². The predicted octanol–water partition coefficient (Wildman–Crippen LogP) is 0.619. The summed E-state index contributed by atoms with van der Waals surface area (Å²) in [5, 5.41) is 14.1. The van der Waals surface area contributed by atoms with E-state index >= 15 is 0 Å². The molecular weight excluding hydrogens is 356 g/mol. The summed E-state index contributed by atoms with van der Waals surface area (Å²) >= 11 is 0. The lowest BCUT2D eigenvalue weighted by Crippen LogP contribution is -2.52. The van der Waals surface area contributed by atoms with E-state index in [9.17, 15) is 19.2 Å². The van der Waals surface area contributed by atoms with Crippen LogP contribution in [0, 0.1) is 0 Å². The number of carboxylic acids is 1. The third kappa shape index (κ3) is 6.37. The average Bonchev–Trinajstić information content (AvgIpc) is 3.14. The third-order valence-corrected chi connectivity index (χ3v) is 4.09. The maximum Gasteiger partial charge on any atom is 0.408 e. The Morgan fingerprint density at radius 2 is 1.81 bits per heavy atom. The molecule has 3 unspecified atom stereocenters. The fourth-order valence-electron chi connectivity index (χ4n) is 2.71. The van der Waals surface area contributed by atoms with E-state index in [4.69, 9.17) is 14.6 Å². The first-order chi connectivity index (χ1) is 12.9. The van der Waals surface area contributed by atoms with Gasteiger partial charge in [-0.1, -0.05) is 30.3 Å². The van der Waals surface area contributed by atoms with Crippen molar-refractivity contribution in [1.82, 2.24) is 10.6 Å². The summed E-state index contributed by atoms with van der Waals surface area (Å²) in [6.45, 7) is 0.845. The van der Waals surface area contributed by atoms with Crippen molar-refractivity contribution in [2.24, 2.45) is 0 Å². The van der Waals surface area contributed by atoms with Crippen LogP contribution in [0.5, 0.6) is 0 Å². The molecule has 1 saturated heterocycles. The molecule has 9 nitrogen and oxygen atoms in total. The van der Waals surface area contributed by atoms with E-state index in [2.05, 4.69) is 10.6 Å². The van der Waals surface area contributed by atoms with Crippen LogP contribution >= 0.6 is 0 Å². The third-order valence-electron chi connectivity index (χ3n) is 4.09. The summed E-state index contributed by atoms with van der Waals surface area (Å²) in [4.78, 5) is 46.7. The molecule has 1 aromatic rings. The number of carbonyl (C=O) groups is 4. The highest BCUT2D eigenvalue weighted by Gasteiger charge is 2.37. The number of ketones is 1. The van der Waals surface area contributed by atoms with Crippen LogP contribution < -0.4 is 10.6 Å². The van der Waals surface area contributed by atoms with Crippen molar-refractivity contribution in [3.63, 3.8) is 0 Å². The number of esters is 1. The van der Waals surface area contributed by atoms with Gasteiger partial charge in [-0.05, 0) is 18.4 Å². The van der Waals surface area contributed by atoms with Crippen LogP contribution in [0.4, 0.5) is 4.79 Å². The zero-order valence-corrected chi connectivity index (χ0v) is 14.8. The van der Waals surface area contributed by atoms with Gasteiger partial charge in [0.25, 0.3) is 0 Å². The number of hydrogen-bond acceptors (Lipinski definition) is 7. The van der Waals surface area contributed by atoms with Gasteiger partial charge < -0.3 is 19.9 Å². The SMILES string of the molecule is CC(=O)OCC(NC(=O)OCc1ccccc1)C(=O)C1CCC(C(=O)O)N1. The lowest BCUT2D eigenvalue weighted by molar-refractivity contribution is -0.142. The monoisotopic (exact) mass is 378 g/mol. The van der Waals surface area contributed by atoms with Crippen LogP contribution in [-0.2, 0) is 30.5 Å². The van der Waals surface area contributed by atoms with E-state index in [1.54, 1.807) is 24.3 Å². The molecule has 1 aromatic carbocycles. The number of hydrogen-bond donors (Lipinski definition) is 3. The number of Topliss-reactive ketones (excluding diaryl/α,β-unsaturated/α-hetero) is 1. The minimum atomic E-state index is -1.14. The van der Waals surface area contributed by atoms with Crippen molar-refractivity contribution in [1.29, 1.82) is 0 Å². The minimum Gasteiger partial charge on any atom is -0.480 e. The average molecular weight is 378 g/mol. The number of carboxylic acid groups (broad SMARTS) is 1. The Morgan fingerprint density at radius 1 is 1.15 bits per heavy atom. The van der Waals surface area contributed by atoms with Gasteiger partial charge >= 0.3 is 18.0 Å². The molecule has 1 heterocycles. The summed E-state index contributed by atoms with van der Waals surface area (Å²) in [5.41, 5.74) is 0.775. The summed E-state index contributed by atoms with van der Waals surface area (Å²) < 4.78 is 9.93. The number of aliphatic carboxylic acids is 1. The summed E-state index contributed by atoms with van der Waals surface area (Å²) in [7, 11) is 0. The van der Waals surface area contributed by atoms with E-state index in [1.807, 2.05) is 6.07 Å². The number of alkyl carbamates (subject to hydrolysis) is 1. The van der Waals surface area contributed by atoms with Gasteiger partial charge in [-0.2, -0.15) is 0 Å². The minimum absolute atomic E-state index is 0.0178. The van der Waals surface area contributed by atoms with Gasteiger partial charge in [-0.25, -0.2) is 4.79 Å². The Bertz CT molecular complexity index is 692. The van der Waals surface area contributed by atoms with Gasteiger partial charge in [-0.15, -0.1) is 0 Å². The number of carbonyl (C=O) groups excluding carboxylic acids is 3. The van der Waals surface area contributed by atoms with Crippen LogP contribution in [0.25, 0.3) is 0 Å². The molecule has 146 valence electrons. The number of ether oxygens (including phenoxy) is 2. The second-order valence-corrected chi connectivity index (χ2v) is 6.15. The molecule has 1 fully saturated rings. The number of amides is 1. The molecule has 1 aliphatic heterocycles. The first-order valence-corrected chi connectivity index (χ1v) is 8.50. The molecule has 3 atom stereocenters. The molecule has 0 aromatic heterocycles. The smallest absolute Gasteiger partial charge is 0.408 e. The van der Waals surface area contributed by atoms with E-state index in [0.717, 1.165) is 5.56 Å². The fraction of sp³-hybridized carbons (Fsp3) is 0.444. The van der Waals surface area contributed by atoms with E-state index < -0.39 is 41.9 Å². The Kier molecular flexibility index (Phi) is 7.30. The molecule has 0 radical (unpaired) electrons. The molecule has 0 saturated carbocycles. The molecule has 2 rings (SSSR count). The number of nitrogens with one attached hydrogen (secondary N) is 2. The number of rotatable bonds is 8. The Morgan fingerprint density at radius 3 is 2.41 bits per heavy atom. The maximum absolute atomic E-state index is 12.6. The maximum atomic E-state index is 12.6. The molecule has 9 heteroatoms. The fourth-order valence-corrected chi connectivity index (χ4v) is 2.71. The van der Waals surface area contributed by atoms with Gasteiger partial charge in [-0.3, -0.25) is 19.7 Å². The van der Waals surface area contributed by atoms with Crippen LogP contribution in [0.15, 0.2) is 30.3 Å². The van der Waals surface area contributed by atoms with Crippen LogP contribution in [-0.4, -0.2) is 53.7 Å². The lowest BCUT2D eigenvalue weighted by atomic mass is 10.0. The highest BCUT2D eigenvalue weighted by Crippen LogP contribution is 2.15. The Hall–Kier alpha value is -2.94. The second-order valence-electron chi connectivity index (χ2n) is 6.15.